The minimum Gasteiger partial charge on any atom is -0.493 e. The number of methoxy groups -OCH3 is 3. The van der Waals surface area contributed by atoms with Crippen LogP contribution >= 0.6 is 0 Å². The highest BCUT2D eigenvalue weighted by atomic mass is 16.6. The van der Waals surface area contributed by atoms with Crippen molar-refractivity contribution in [3.8, 4) is 28.5 Å². The van der Waals surface area contributed by atoms with Gasteiger partial charge in [-0.15, -0.1) is 0 Å². The number of hydrogen-bond donors (Lipinski definition) is 1. The van der Waals surface area contributed by atoms with Gasteiger partial charge >= 0.3 is 0 Å². The van der Waals surface area contributed by atoms with Crippen LogP contribution in [0.1, 0.15) is 17.0 Å². The molecule has 1 aromatic heterocycles. The van der Waals surface area contributed by atoms with Crippen molar-refractivity contribution >= 4 is 10.9 Å². The van der Waals surface area contributed by atoms with Gasteiger partial charge in [0.1, 0.15) is 0 Å². The second-order valence-corrected chi connectivity index (χ2v) is 7.35. The Morgan fingerprint density at radius 3 is 2.12 bits per heavy atom. The van der Waals surface area contributed by atoms with E-state index in [1.165, 1.54) is 21.3 Å². The molecular formula is C25H24N2O5. The van der Waals surface area contributed by atoms with Crippen molar-refractivity contribution in [2.45, 2.75) is 5.92 Å². The van der Waals surface area contributed by atoms with E-state index in [9.17, 15) is 10.1 Å². The Bertz CT molecular complexity index is 1220. The normalized spacial score (nSPS) is 11.8. The van der Waals surface area contributed by atoms with Crippen molar-refractivity contribution in [3.63, 3.8) is 0 Å². The van der Waals surface area contributed by atoms with Crippen molar-refractivity contribution in [3.05, 3.63) is 88.0 Å². The zero-order chi connectivity index (χ0) is 22.7. The molecule has 0 fully saturated rings. The standard InChI is InChI=1S/C25H24N2O5/c1-30-21-13-17(14-22(31-2)25(21)32-3)19(15-27(28)29)23-18-11-7-8-12-20(18)26-24(23)16-9-5-4-6-10-16/h4-14,19,26H,15H2,1-3H3. The minimum absolute atomic E-state index is 0.287. The third-order valence-electron chi connectivity index (χ3n) is 5.58. The molecule has 7 nitrogen and oxygen atoms in total. The maximum absolute atomic E-state index is 11.8. The van der Waals surface area contributed by atoms with E-state index in [4.69, 9.17) is 14.2 Å². The lowest BCUT2D eigenvalue weighted by atomic mass is 9.87. The Balaban J connectivity index is 2.01. The molecule has 3 aromatic carbocycles. The molecule has 1 unspecified atom stereocenters. The molecule has 0 spiro atoms. The molecule has 0 aliphatic rings. The van der Waals surface area contributed by atoms with E-state index in [1.807, 2.05) is 54.6 Å². The van der Waals surface area contributed by atoms with E-state index >= 15 is 0 Å². The van der Waals surface area contributed by atoms with E-state index in [1.54, 1.807) is 12.1 Å². The quantitative estimate of drug-likeness (QED) is 0.303. The number of nitrogens with one attached hydrogen (secondary N) is 1. The third-order valence-corrected chi connectivity index (χ3v) is 5.58. The van der Waals surface area contributed by atoms with E-state index in [2.05, 4.69) is 4.98 Å². The molecule has 0 amide bonds. The van der Waals surface area contributed by atoms with Gasteiger partial charge in [-0.1, -0.05) is 48.5 Å². The third kappa shape index (κ3) is 3.85. The maximum atomic E-state index is 11.8. The van der Waals surface area contributed by atoms with Gasteiger partial charge in [0.05, 0.1) is 32.9 Å². The number of nitrogens with zero attached hydrogens (tertiary/aromatic N) is 1. The number of ether oxygens (including phenoxy) is 3. The zero-order valence-corrected chi connectivity index (χ0v) is 18.1. The van der Waals surface area contributed by atoms with Crippen LogP contribution in [0, 0.1) is 10.1 Å². The topological polar surface area (TPSA) is 86.6 Å². The lowest BCUT2D eigenvalue weighted by Crippen LogP contribution is -2.15. The predicted molar refractivity (Wildman–Crippen MR) is 124 cm³/mol. The number of aromatic nitrogens is 1. The molecule has 7 heteroatoms. The molecule has 1 atom stereocenters. The number of benzene rings is 3. The van der Waals surface area contributed by atoms with Crippen molar-refractivity contribution in [1.29, 1.82) is 0 Å². The second kappa shape index (κ2) is 9.01. The fraction of sp³-hybridized carbons (Fsp3) is 0.200. The first kappa shape index (κ1) is 21.2. The van der Waals surface area contributed by atoms with Crippen LogP contribution in [0.4, 0.5) is 0 Å². The number of rotatable bonds is 8. The van der Waals surface area contributed by atoms with Crippen LogP contribution in [-0.4, -0.2) is 37.8 Å². The van der Waals surface area contributed by atoms with Crippen molar-refractivity contribution < 1.29 is 19.1 Å². The van der Waals surface area contributed by atoms with Crippen LogP contribution in [0.25, 0.3) is 22.2 Å². The number of para-hydroxylation sites is 1. The molecule has 164 valence electrons. The monoisotopic (exact) mass is 432 g/mol. The summed E-state index contributed by atoms with van der Waals surface area (Å²) >= 11 is 0. The largest absolute Gasteiger partial charge is 0.493 e. The summed E-state index contributed by atoms with van der Waals surface area (Å²) in [7, 11) is 4.59. The summed E-state index contributed by atoms with van der Waals surface area (Å²) in [6.45, 7) is -0.291. The van der Waals surface area contributed by atoms with Gasteiger partial charge in [0.2, 0.25) is 12.3 Å². The predicted octanol–water partition coefficient (Wildman–Crippen LogP) is 5.27. The van der Waals surface area contributed by atoms with Crippen molar-refractivity contribution in [2.24, 2.45) is 0 Å². The van der Waals surface area contributed by atoms with Crippen LogP contribution in [0.5, 0.6) is 17.2 Å². The summed E-state index contributed by atoms with van der Waals surface area (Å²) in [6, 6.07) is 21.2. The Morgan fingerprint density at radius 2 is 1.53 bits per heavy atom. The van der Waals surface area contributed by atoms with Crippen LogP contribution in [0.3, 0.4) is 0 Å². The fourth-order valence-electron chi connectivity index (χ4n) is 4.17. The zero-order valence-electron chi connectivity index (χ0n) is 18.1. The van der Waals surface area contributed by atoms with Crippen LogP contribution in [0.15, 0.2) is 66.7 Å². The number of H-pyrrole nitrogens is 1. The molecule has 4 aromatic rings. The molecule has 0 saturated heterocycles. The lowest BCUT2D eigenvalue weighted by Gasteiger charge is -2.19. The van der Waals surface area contributed by atoms with Gasteiger partial charge in [-0.3, -0.25) is 10.1 Å². The molecular weight excluding hydrogens is 408 g/mol. The van der Waals surface area contributed by atoms with E-state index in [-0.39, 0.29) is 11.5 Å². The first-order valence-corrected chi connectivity index (χ1v) is 10.1. The van der Waals surface area contributed by atoms with Gasteiger partial charge in [-0.25, -0.2) is 0 Å². The smallest absolute Gasteiger partial charge is 0.214 e. The highest BCUT2D eigenvalue weighted by molar-refractivity contribution is 5.92. The van der Waals surface area contributed by atoms with Gasteiger partial charge in [0.15, 0.2) is 11.5 Å². The molecule has 1 heterocycles. The van der Waals surface area contributed by atoms with Crippen LogP contribution in [-0.2, 0) is 0 Å². The van der Waals surface area contributed by atoms with Crippen molar-refractivity contribution in [2.75, 3.05) is 27.9 Å². The van der Waals surface area contributed by atoms with Crippen LogP contribution in [0.2, 0.25) is 0 Å². The van der Waals surface area contributed by atoms with Gasteiger partial charge < -0.3 is 19.2 Å². The number of nitro groups is 1. The highest BCUT2D eigenvalue weighted by Gasteiger charge is 2.29. The molecule has 0 saturated carbocycles. The van der Waals surface area contributed by atoms with E-state index < -0.39 is 5.92 Å². The van der Waals surface area contributed by atoms with Gasteiger partial charge in [-0.2, -0.15) is 0 Å². The summed E-state index contributed by atoms with van der Waals surface area (Å²) in [5.74, 6) is 0.804. The minimum atomic E-state index is -0.551. The molecule has 4 rings (SSSR count). The average molecular weight is 432 g/mol. The van der Waals surface area contributed by atoms with Crippen LogP contribution < -0.4 is 14.2 Å². The molecule has 0 radical (unpaired) electrons. The summed E-state index contributed by atoms with van der Waals surface area (Å²) in [5, 5.41) is 12.7. The maximum Gasteiger partial charge on any atom is 0.214 e. The Morgan fingerprint density at radius 1 is 0.906 bits per heavy atom. The highest BCUT2D eigenvalue weighted by Crippen LogP contribution is 2.44. The molecule has 32 heavy (non-hydrogen) atoms. The lowest BCUT2D eigenvalue weighted by molar-refractivity contribution is -0.481. The summed E-state index contributed by atoms with van der Waals surface area (Å²) in [4.78, 5) is 15.0. The average Bonchev–Trinajstić information content (AvgIpc) is 3.21. The summed E-state index contributed by atoms with van der Waals surface area (Å²) in [5.41, 5.74) is 4.30. The molecule has 1 N–H and O–H groups in total. The SMILES string of the molecule is COc1cc(C(C[N+](=O)[O-])c2c(-c3ccccc3)[nH]c3ccccc23)cc(OC)c1OC. The molecule has 0 aliphatic carbocycles. The first-order chi connectivity index (χ1) is 15.6. The van der Waals surface area contributed by atoms with E-state index in [0.717, 1.165) is 27.7 Å². The second-order valence-electron chi connectivity index (χ2n) is 7.35. The summed E-state index contributed by atoms with van der Waals surface area (Å²) < 4.78 is 16.5. The van der Waals surface area contributed by atoms with E-state index in [0.29, 0.717) is 22.8 Å². The molecule has 0 bridgehead atoms. The number of aromatic amines is 1. The number of hydrogen-bond acceptors (Lipinski definition) is 5. The Hall–Kier alpha value is -4.00. The van der Waals surface area contributed by atoms with Gasteiger partial charge in [0, 0.05) is 15.8 Å². The molecule has 0 aliphatic heterocycles. The summed E-state index contributed by atoms with van der Waals surface area (Å²) in [6.07, 6.45) is 0. The number of fused-ring (bicyclic) bond motifs is 1. The van der Waals surface area contributed by atoms with Gasteiger partial charge in [-0.05, 0) is 34.9 Å². The first-order valence-electron chi connectivity index (χ1n) is 10.1. The Labute approximate surface area is 185 Å². The fourth-order valence-corrected chi connectivity index (χ4v) is 4.17. The van der Waals surface area contributed by atoms with Gasteiger partial charge in [0.25, 0.3) is 0 Å². The Kier molecular flexibility index (Phi) is 5.98. The van der Waals surface area contributed by atoms with Crippen molar-refractivity contribution in [1.82, 2.24) is 4.98 Å².